The lowest BCUT2D eigenvalue weighted by atomic mass is 9.97. The van der Waals surface area contributed by atoms with E-state index in [1.54, 1.807) is 25.2 Å². The second kappa shape index (κ2) is 7.35. The molecule has 0 spiro atoms. The maximum Gasteiger partial charge on any atom is 0.245 e. The van der Waals surface area contributed by atoms with E-state index in [1.165, 1.54) is 4.88 Å². The van der Waals surface area contributed by atoms with Gasteiger partial charge in [0.15, 0.2) is 5.76 Å². The molecule has 132 valence electrons. The van der Waals surface area contributed by atoms with Crippen LogP contribution in [0.3, 0.4) is 0 Å². The molecule has 0 unspecified atom stereocenters. The van der Waals surface area contributed by atoms with Crippen LogP contribution in [0.15, 0.2) is 26.9 Å². The predicted octanol–water partition coefficient (Wildman–Crippen LogP) is 2.54. The van der Waals surface area contributed by atoms with Crippen molar-refractivity contribution in [1.82, 2.24) is 14.8 Å². The summed E-state index contributed by atoms with van der Waals surface area (Å²) in [5.41, 5.74) is 0.408. The van der Waals surface area contributed by atoms with Gasteiger partial charge in [0.25, 0.3) is 0 Å². The summed E-state index contributed by atoms with van der Waals surface area (Å²) in [5, 5.41) is 5.83. The Morgan fingerprint density at radius 3 is 2.71 bits per heavy atom. The smallest absolute Gasteiger partial charge is 0.245 e. The predicted molar refractivity (Wildman–Crippen MR) is 93.5 cm³/mol. The van der Waals surface area contributed by atoms with Crippen LogP contribution in [0.5, 0.6) is 0 Å². The Bertz CT molecular complexity index is 741. The van der Waals surface area contributed by atoms with Crippen molar-refractivity contribution in [2.24, 2.45) is 5.92 Å². The van der Waals surface area contributed by atoms with Crippen molar-refractivity contribution in [3.8, 4) is 0 Å². The number of nitrogens with one attached hydrogen (secondary N) is 1. The lowest BCUT2D eigenvalue weighted by molar-refractivity contribution is 0.180. The van der Waals surface area contributed by atoms with Crippen molar-refractivity contribution in [1.29, 1.82) is 0 Å². The topological polar surface area (TPSA) is 75.4 Å². The quantitative estimate of drug-likeness (QED) is 0.847. The molecule has 0 amide bonds. The molecule has 24 heavy (non-hydrogen) atoms. The van der Waals surface area contributed by atoms with Gasteiger partial charge < -0.3 is 4.52 Å². The first-order chi connectivity index (χ1) is 11.5. The van der Waals surface area contributed by atoms with Gasteiger partial charge in [0, 0.05) is 18.0 Å². The Morgan fingerprint density at radius 2 is 2.12 bits per heavy atom. The van der Waals surface area contributed by atoms with E-state index in [-0.39, 0.29) is 4.90 Å². The molecule has 0 bridgehead atoms. The Balaban J connectivity index is 1.50. The zero-order chi connectivity index (χ0) is 17.2. The molecular formula is C16H23N3O3S2. The zero-order valence-corrected chi connectivity index (χ0v) is 15.6. The molecule has 0 atom stereocenters. The summed E-state index contributed by atoms with van der Waals surface area (Å²) in [4.78, 5) is 4.00. The van der Waals surface area contributed by atoms with Crippen molar-refractivity contribution in [3.63, 3.8) is 0 Å². The van der Waals surface area contributed by atoms with Gasteiger partial charge in [0.2, 0.25) is 10.0 Å². The SMILES string of the molecule is Cc1noc(C)c1S(=O)(=O)NCC1CCN(Cc2cccs2)CC1. The highest BCUT2D eigenvalue weighted by molar-refractivity contribution is 7.89. The van der Waals surface area contributed by atoms with Crippen LogP contribution in [-0.2, 0) is 16.6 Å². The maximum absolute atomic E-state index is 12.4. The van der Waals surface area contributed by atoms with E-state index in [4.69, 9.17) is 4.52 Å². The molecule has 6 nitrogen and oxygen atoms in total. The van der Waals surface area contributed by atoms with E-state index < -0.39 is 10.0 Å². The van der Waals surface area contributed by atoms with Crippen LogP contribution in [0, 0.1) is 19.8 Å². The molecule has 1 aliphatic rings. The number of sulfonamides is 1. The van der Waals surface area contributed by atoms with Crippen LogP contribution >= 0.6 is 11.3 Å². The average Bonchev–Trinajstić information content (AvgIpc) is 3.17. The summed E-state index contributed by atoms with van der Waals surface area (Å²) in [5.74, 6) is 0.714. The van der Waals surface area contributed by atoms with E-state index in [1.807, 2.05) is 0 Å². The lowest BCUT2D eigenvalue weighted by Gasteiger charge is -2.31. The van der Waals surface area contributed by atoms with E-state index in [0.717, 1.165) is 32.5 Å². The number of hydrogen-bond donors (Lipinski definition) is 1. The second-order valence-electron chi connectivity index (χ2n) is 6.30. The van der Waals surface area contributed by atoms with Gasteiger partial charge in [-0.1, -0.05) is 11.2 Å². The van der Waals surface area contributed by atoms with E-state index in [2.05, 4.69) is 32.3 Å². The highest BCUT2D eigenvalue weighted by Crippen LogP contribution is 2.22. The van der Waals surface area contributed by atoms with Gasteiger partial charge in [-0.3, -0.25) is 4.90 Å². The van der Waals surface area contributed by atoms with Crippen LogP contribution in [0.1, 0.15) is 29.2 Å². The molecular weight excluding hydrogens is 346 g/mol. The maximum atomic E-state index is 12.4. The molecule has 0 aromatic carbocycles. The first-order valence-corrected chi connectivity index (χ1v) is 10.5. The Labute approximate surface area is 146 Å². The molecule has 3 heterocycles. The Morgan fingerprint density at radius 1 is 1.38 bits per heavy atom. The molecule has 0 aliphatic carbocycles. The van der Waals surface area contributed by atoms with Gasteiger partial charge in [0.1, 0.15) is 10.6 Å². The van der Waals surface area contributed by atoms with Gasteiger partial charge in [-0.15, -0.1) is 11.3 Å². The van der Waals surface area contributed by atoms with Crippen molar-refractivity contribution >= 4 is 21.4 Å². The number of aryl methyl sites for hydroxylation is 2. The molecule has 0 saturated carbocycles. The van der Waals surface area contributed by atoms with Gasteiger partial charge in [-0.2, -0.15) is 0 Å². The summed E-state index contributed by atoms with van der Waals surface area (Å²) in [6, 6.07) is 4.24. The minimum Gasteiger partial charge on any atom is -0.360 e. The van der Waals surface area contributed by atoms with Crippen LogP contribution < -0.4 is 4.72 Å². The molecule has 3 rings (SSSR count). The Kier molecular flexibility index (Phi) is 5.39. The molecule has 1 fully saturated rings. The van der Waals surface area contributed by atoms with E-state index in [9.17, 15) is 8.42 Å². The third kappa shape index (κ3) is 4.05. The number of thiophene rings is 1. The second-order valence-corrected chi connectivity index (χ2v) is 9.04. The van der Waals surface area contributed by atoms with Gasteiger partial charge in [-0.25, -0.2) is 13.1 Å². The third-order valence-electron chi connectivity index (χ3n) is 4.47. The number of hydrogen-bond acceptors (Lipinski definition) is 6. The number of piperidine rings is 1. The fourth-order valence-corrected chi connectivity index (χ4v) is 5.32. The Hall–Kier alpha value is -1.22. The normalized spacial score (nSPS) is 17.4. The number of rotatable bonds is 6. The molecule has 1 aliphatic heterocycles. The van der Waals surface area contributed by atoms with Gasteiger partial charge in [0.05, 0.1) is 0 Å². The zero-order valence-electron chi connectivity index (χ0n) is 14.0. The van der Waals surface area contributed by atoms with Crippen molar-refractivity contribution in [2.45, 2.75) is 38.1 Å². The van der Waals surface area contributed by atoms with Crippen molar-refractivity contribution < 1.29 is 12.9 Å². The number of likely N-dealkylation sites (tertiary alicyclic amines) is 1. The summed E-state index contributed by atoms with van der Waals surface area (Å²) in [6.07, 6.45) is 2.02. The summed E-state index contributed by atoms with van der Waals surface area (Å²) in [6.45, 7) is 6.76. The number of nitrogens with zero attached hydrogens (tertiary/aromatic N) is 2. The molecule has 2 aromatic rings. The minimum atomic E-state index is -3.55. The van der Waals surface area contributed by atoms with Crippen LogP contribution in [0.2, 0.25) is 0 Å². The molecule has 8 heteroatoms. The monoisotopic (exact) mass is 369 g/mol. The summed E-state index contributed by atoms with van der Waals surface area (Å²) < 4.78 is 32.6. The van der Waals surface area contributed by atoms with E-state index >= 15 is 0 Å². The highest BCUT2D eigenvalue weighted by atomic mass is 32.2. The van der Waals surface area contributed by atoms with Crippen molar-refractivity contribution in [2.75, 3.05) is 19.6 Å². The molecule has 1 N–H and O–H groups in total. The summed E-state index contributed by atoms with van der Waals surface area (Å²) in [7, 11) is -3.55. The lowest BCUT2D eigenvalue weighted by Crippen LogP contribution is -2.38. The summed E-state index contributed by atoms with van der Waals surface area (Å²) >= 11 is 1.78. The molecule has 1 saturated heterocycles. The third-order valence-corrected chi connectivity index (χ3v) is 6.99. The average molecular weight is 370 g/mol. The standard InChI is InChI=1S/C16H23N3O3S2/c1-12-16(13(2)22-18-12)24(20,21)17-10-14-5-7-19(8-6-14)11-15-4-3-9-23-15/h3-4,9,14,17H,5-8,10-11H2,1-2H3. The first-order valence-electron chi connectivity index (χ1n) is 8.13. The number of aromatic nitrogens is 1. The van der Waals surface area contributed by atoms with Crippen molar-refractivity contribution in [3.05, 3.63) is 33.8 Å². The molecule has 0 radical (unpaired) electrons. The largest absolute Gasteiger partial charge is 0.360 e. The fraction of sp³-hybridized carbons (Fsp3) is 0.562. The highest BCUT2D eigenvalue weighted by Gasteiger charge is 2.26. The fourth-order valence-electron chi connectivity index (χ4n) is 3.13. The van der Waals surface area contributed by atoms with E-state index in [0.29, 0.717) is 23.9 Å². The van der Waals surface area contributed by atoms with Crippen LogP contribution in [0.4, 0.5) is 0 Å². The van der Waals surface area contributed by atoms with Crippen LogP contribution in [-0.4, -0.2) is 38.1 Å². The first kappa shape index (κ1) is 17.6. The van der Waals surface area contributed by atoms with Gasteiger partial charge >= 0.3 is 0 Å². The minimum absolute atomic E-state index is 0.178. The van der Waals surface area contributed by atoms with Gasteiger partial charge in [-0.05, 0) is 57.1 Å². The molecule has 2 aromatic heterocycles. The van der Waals surface area contributed by atoms with Crippen LogP contribution in [0.25, 0.3) is 0 Å².